The molecule has 32 heavy (non-hydrogen) atoms. The molecule has 4 aromatic rings. The van der Waals surface area contributed by atoms with Gasteiger partial charge in [-0.15, -0.1) is 0 Å². The molecule has 0 spiro atoms. The summed E-state index contributed by atoms with van der Waals surface area (Å²) in [7, 11) is 0. The second-order valence-corrected chi connectivity index (χ2v) is 8.46. The summed E-state index contributed by atoms with van der Waals surface area (Å²) in [6.07, 6.45) is 7.48. The SMILES string of the molecule is O=C1c2c(Cl)cc(-c3cnn(Cc4ccccn4)c3)cc2CN1CCCc1ccccc1. The summed E-state index contributed by atoms with van der Waals surface area (Å²) in [5.41, 5.74) is 5.80. The van der Waals surface area contributed by atoms with E-state index in [9.17, 15) is 4.79 Å². The number of pyridine rings is 1. The first-order valence-corrected chi connectivity index (χ1v) is 11.1. The zero-order chi connectivity index (χ0) is 21.9. The number of aromatic nitrogens is 3. The molecular formula is C26H23ClN4O. The molecule has 0 saturated carbocycles. The van der Waals surface area contributed by atoms with E-state index in [0.717, 1.165) is 41.8 Å². The third kappa shape index (κ3) is 4.30. The van der Waals surface area contributed by atoms with Gasteiger partial charge in [0.05, 0.1) is 29.0 Å². The number of nitrogens with zero attached hydrogens (tertiary/aromatic N) is 4. The van der Waals surface area contributed by atoms with Crippen LogP contribution in [0.3, 0.4) is 0 Å². The number of rotatable bonds is 7. The fourth-order valence-corrected chi connectivity index (χ4v) is 4.51. The summed E-state index contributed by atoms with van der Waals surface area (Å²) < 4.78 is 1.86. The van der Waals surface area contributed by atoms with Crippen LogP contribution in [0, 0.1) is 0 Å². The molecule has 1 aliphatic rings. The summed E-state index contributed by atoms with van der Waals surface area (Å²) in [6.45, 7) is 1.92. The van der Waals surface area contributed by atoms with Crippen molar-refractivity contribution in [2.24, 2.45) is 0 Å². The molecule has 160 valence electrons. The summed E-state index contributed by atoms with van der Waals surface area (Å²) in [5.74, 6) is 0.0236. The lowest BCUT2D eigenvalue weighted by atomic mass is 10.0. The van der Waals surface area contributed by atoms with E-state index in [0.29, 0.717) is 23.7 Å². The van der Waals surface area contributed by atoms with Crippen molar-refractivity contribution >= 4 is 17.5 Å². The summed E-state index contributed by atoms with van der Waals surface area (Å²) in [6, 6.07) is 20.1. The molecule has 0 radical (unpaired) electrons. The van der Waals surface area contributed by atoms with Crippen molar-refractivity contribution < 1.29 is 4.79 Å². The molecule has 0 fully saturated rings. The number of fused-ring (bicyclic) bond motifs is 1. The highest BCUT2D eigenvalue weighted by Crippen LogP contribution is 2.34. The van der Waals surface area contributed by atoms with Crippen molar-refractivity contribution in [1.82, 2.24) is 19.7 Å². The van der Waals surface area contributed by atoms with Crippen molar-refractivity contribution in [2.45, 2.75) is 25.9 Å². The van der Waals surface area contributed by atoms with E-state index in [-0.39, 0.29) is 5.91 Å². The highest BCUT2D eigenvalue weighted by molar-refractivity contribution is 6.34. The minimum Gasteiger partial charge on any atom is -0.334 e. The van der Waals surface area contributed by atoms with Gasteiger partial charge in [0.15, 0.2) is 0 Å². The number of carbonyl (C=O) groups is 1. The zero-order valence-corrected chi connectivity index (χ0v) is 18.4. The fraction of sp³-hybridized carbons (Fsp3) is 0.192. The topological polar surface area (TPSA) is 51.0 Å². The van der Waals surface area contributed by atoms with Crippen LogP contribution in [-0.2, 0) is 19.5 Å². The number of benzene rings is 2. The van der Waals surface area contributed by atoms with Crippen LogP contribution in [0.25, 0.3) is 11.1 Å². The average molecular weight is 443 g/mol. The predicted molar refractivity (Wildman–Crippen MR) is 126 cm³/mol. The fourth-order valence-electron chi connectivity index (χ4n) is 4.19. The molecule has 1 amide bonds. The van der Waals surface area contributed by atoms with Crippen molar-refractivity contribution in [3.8, 4) is 11.1 Å². The molecule has 5 nitrogen and oxygen atoms in total. The first-order valence-electron chi connectivity index (χ1n) is 10.8. The Bertz CT molecular complexity index is 1240. The van der Waals surface area contributed by atoms with E-state index in [1.165, 1.54) is 5.56 Å². The largest absolute Gasteiger partial charge is 0.334 e. The molecule has 0 saturated heterocycles. The molecule has 0 bridgehead atoms. The zero-order valence-electron chi connectivity index (χ0n) is 17.6. The molecule has 2 aromatic heterocycles. The average Bonchev–Trinajstić information content (AvgIpc) is 3.40. The van der Waals surface area contributed by atoms with Gasteiger partial charge in [0, 0.05) is 31.0 Å². The van der Waals surface area contributed by atoms with E-state index in [4.69, 9.17) is 11.6 Å². The third-order valence-electron chi connectivity index (χ3n) is 5.79. The van der Waals surface area contributed by atoms with Crippen LogP contribution in [0.4, 0.5) is 0 Å². The molecule has 0 unspecified atom stereocenters. The highest BCUT2D eigenvalue weighted by atomic mass is 35.5. The summed E-state index contributed by atoms with van der Waals surface area (Å²) in [4.78, 5) is 19.2. The van der Waals surface area contributed by atoms with Crippen LogP contribution in [0.1, 0.15) is 33.6 Å². The van der Waals surface area contributed by atoms with Gasteiger partial charge in [-0.05, 0) is 53.8 Å². The second kappa shape index (κ2) is 8.97. The van der Waals surface area contributed by atoms with Gasteiger partial charge in [-0.1, -0.05) is 48.0 Å². The van der Waals surface area contributed by atoms with E-state index < -0.39 is 0 Å². The van der Waals surface area contributed by atoms with Crippen molar-refractivity contribution in [1.29, 1.82) is 0 Å². The minimum atomic E-state index is 0.0236. The predicted octanol–water partition coefficient (Wildman–Crippen LogP) is 5.24. The Morgan fingerprint density at radius 1 is 1.00 bits per heavy atom. The van der Waals surface area contributed by atoms with E-state index >= 15 is 0 Å². The maximum absolute atomic E-state index is 12.9. The van der Waals surface area contributed by atoms with Gasteiger partial charge in [0.1, 0.15) is 0 Å². The van der Waals surface area contributed by atoms with E-state index in [1.54, 1.807) is 6.20 Å². The lowest BCUT2D eigenvalue weighted by Gasteiger charge is -2.15. The Morgan fingerprint density at radius 3 is 2.66 bits per heavy atom. The Kier molecular flexibility index (Phi) is 5.73. The normalized spacial score (nSPS) is 12.9. The van der Waals surface area contributed by atoms with Gasteiger partial charge >= 0.3 is 0 Å². The minimum absolute atomic E-state index is 0.0236. The lowest BCUT2D eigenvalue weighted by Crippen LogP contribution is -2.25. The molecule has 1 aliphatic heterocycles. The molecule has 6 heteroatoms. The number of carbonyl (C=O) groups excluding carboxylic acids is 1. The third-order valence-corrected chi connectivity index (χ3v) is 6.09. The number of amides is 1. The van der Waals surface area contributed by atoms with Gasteiger partial charge in [-0.2, -0.15) is 5.10 Å². The van der Waals surface area contributed by atoms with Crippen LogP contribution in [0.5, 0.6) is 0 Å². The first kappa shape index (κ1) is 20.5. The molecule has 0 N–H and O–H groups in total. The molecular weight excluding hydrogens is 420 g/mol. The molecule has 5 rings (SSSR count). The quantitative estimate of drug-likeness (QED) is 0.393. The number of hydrogen-bond donors (Lipinski definition) is 0. The molecule has 0 aliphatic carbocycles. The lowest BCUT2D eigenvalue weighted by molar-refractivity contribution is 0.0777. The molecule has 2 aromatic carbocycles. The van der Waals surface area contributed by atoms with Crippen molar-refractivity contribution in [3.63, 3.8) is 0 Å². The van der Waals surface area contributed by atoms with Crippen LogP contribution in [0.15, 0.2) is 79.3 Å². The van der Waals surface area contributed by atoms with Gasteiger partial charge in [-0.3, -0.25) is 14.5 Å². The van der Waals surface area contributed by atoms with Gasteiger partial charge < -0.3 is 4.90 Å². The smallest absolute Gasteiger partial charge is 0.256 e. The Morgan fingerprint density at radius 2 is 1.84 bits per heavy atom. The van der Waals surface area contributed by atoms with Crippen LogP contribution >= 0.6 is 11.6 Å². The maximum atomic E-state index is 12.9. The summed E-state index contributed by atoms with van der Waals surface area (Å²) in [5, 5.41) is 4.97. The van der Waals surface area contributed by atoms with Gasteiger partial charge in [0.25, 0.3) is 5.91 Å². The molecule has 3 heterocycles. The van der Waals surface area contributed by atoms with E-state index in [1.807, 2.05) is 64.4 Å². The maximum Gasteiger partial charge on any atom is 0.256 e. The number of aryl methyl sites for hydroxylation is 1. The number of halogens is 1. The summed E-state index contributed by atoms with van der Waals surface area (Å²) >= 11 is 6.57. The standard InChI is InChI=1S/C26H23ClN4O/c27-24-14-20(22-15-29-31(17-22)18-23-10-4-5-11-28-23)13-21-16-30(26(32)25(21)24)12-6-9-19-7-2-1-3-8-19/h1-5,7-8,10-11,13-15,17H,6,9,12,16,18H2. The van der Waals surface area contributed by atoms with Crippen molar-refractivity contribution in [2.75, 3.05) is 6.54 Å². The second-order valence-electron chi connectivity index (χ2n) is 8.06. The Balaban J connectivity index is 1.29. The van der Waals surface area contributed by atoms with Crippen LogP contribution in [-0.4, -0.2) is 32.1 Å². The number of hydrogen-bond acceptors (Lipinski definition) is 3. The molecule has 0 atom stereocenters. The van der Waals surface area contributed by atoms with Gasteiger partial charge in [0.2, 0.25) is 0 Å². The Labute approximate surface area is 192 Å². The first-order chi connectivity index (χ1) is 15.7. The van der Waals surface area contributed by atoms with Crippen molar-refractivity contribution in [3.05, 3.63) is 107 Å². The van der Waals surface area contributed by atoms with Crippen LogP contribution < -0.4 is 0 Å². The van der Waals surface area contributed by atoms with Gasteiger partial charge in [-0.25, -0.2) is 0 Å². The van der Waals surface area contributed by atoms with Crippen LogP contribution in [0.2, 0.25) is 5.02 Å². The highest BCUT2D eigenvalue weighted by Gasteiger charge is 2.30. The Hall–Kier alpha value is -3.44. The van der Waals surface area contributed by atoms with E-state index in [2.05, 4.69) is 28.3 Å². The monoisotopic (exact) mass is 442 g/mol.